The molecule has 1 N–H and O–H groups in total. The van der Waals surface area contributed by atoms with Crippen LogP contribution in [-0.4, -0.2) is 26.0 Å². The van der Waals surface area contributed by atoms with E-state index in [-0.39, 0.29) is 5.78 Å². The number of Topliss-reactive ketones (excluding diaryl/α,β-unsaturated/α-hetero) is 1. The smallest absolute Gasteiger partial charge is 0.129 e. The molecule has 0 heterocycles. The topological polar surface area (TPSA) is 38.3 Å². The molecule has 106 valence electrons. The van der Waals surface area contributed by atoms with Crippen molar-refractivity contribution in [2.24, 2.45) is 0 Å². The predicted octanol–water partition coefficient (Wildman–Crippen LogP) is 2.81. The summed E-state index contributed by atoms with van der Waals surface area (Å²) in [6, 6.07) is 4.30. The summed E-state index contributed by atoms with van der Waals surface area (Å²) in [6.45, 7) is 7.69. The molecule has 0 radical (unpaired) electrons. The van der Waals surface area contributed by atoms with Crippen molar-refractivity contribution in [3.63, 3.8) is 0 Å². The van der Waals surface area contributed by atoms with Gasteiger partial charge in [0.05, 0.1) is 7.11 Å². The highest BCUT2D eigenvalue weighted by Crippen LogP contribution is 2.22. The van der Waals surface area contributed by atoms with Crippen LogP contribution in [0.3, 0.4) is 0 Å². The molecule has 3 heteroatoms. The van der Waals surface area contributed by atoms with Gasteiger partial charge in [-0.1, -0.05) is 6.07 Å². The lowest BCUT2D eigenvalue weighted by atomic mass is 10.0. The maximum absolute atomic E-state index is 10.8. The molecule has 0 spiro atoms. The van der Waals surface area contributed by atoms with Crippen molar-refractivity contribution in [3.05, 3.63) is 28.8 Å². The average molecular weight is 263 g/mol. The van der Waals surface area contributed by atoms with Crippen LogP contribution < -0.4 is 10.1 Å². The van der Waals surface area contributed by atoms with Crippen LogP contribution in [0, 0.1) is 13.8 Å². The first kappa shape index (κ1) is 15.7. The molecule has 3 nitrogen and oxygen atoms in total. The number of ether oxygens (including phenoxy) is 1. The first-order valence-electron chi connectivity index (χ1n) is 6.89. The van der Waals surface area contributed by atoms with E-state index in [0.717, 1.165) is 31.7 Å². The quantitative estimate of drug-likeness (QED) is 0.733. The fraction of sp³-hybridized carbons (Fsp3) is 0.562. The summed E-state index contributed by atoms with van der Waals surface area (Å²) in [5, 5.41) is 3.38. The second-order valence-corrected chi connectivity index (χ2v) is 5.05. The summed E-state index contributed by atoms with van der Waals surface area (Å²) in [5.41, 5.74) is 3.81. The van der Waals surface area contributed by atoms with E-state index in [9.17, 15) is 4.79 Å². The lowest BCUT2D eigenvalue weighted by Crippen LogP contribution is -2.19. The molecule has 0 aliphatic carbocycles. The first-order valence-corrected chi connectivity index (χ1v) is 6.89. The minimum atomic E-state index is 0.267. The molecule has 0 unspecified atom stereocenters. The normalized spacial score (nSPS) is 10.5. The minimum Gasteiger partial charge on any atom is -0.496 e. The molecule has 19 heavy (non-hydrogen) atoms. The van der Waals surface area contributed by atoms with Crippen molar-refractivity contribution in [3.8, 4) is 5.75 Å². The van der Waals surface area contributed by atoms with Gasteiger partial charge < -0.3 is 14.8 Å². The van der Waals surface area contributed by atoms with Crippen LogP contribution in [0.15, 0.2) is 12.1 Å². The number of carbonyl (C=O) groups is 1. The number of benzene rings is 1. The van der Waals surface area contributed by atoms with Gasteiger partial charge in [0.15, 0.2) is 0 Å². The second-order valence-electron chi connectivity index (χ2n) is 5.05. The third kappa shape index (κ3) is 5.43. The maximum atomic E-state index is 10.8. The lowest BCUT2D eigenvalue weighted by molar-refractivity contribution is -0.117. The van der Waals surface area contributed by atoms with E-state index in [1.807, 2.05) is 0 Å². The molecule has 0 aliphatic heterocycles. The van der Waals surface area contributed by atoms with Gasteiger partial charge in [0.2, 0.25) is 0 Å². The third-order valence-electron chi connectivity index (χ3n) is 3.31. The molecule has 0 saturated carbocycles. The predicted molar refractivity (Wildman–Crippen MR) is 79.0 cm³/mol. The summed E-state index contributed by atoms with van der Waals surface area (Å²) in [4.78, 5) is 10.8. The largest absolute Gasteiger partial charge is 0.496 e. The molecule has 0 fully saturated rings. The number of hydrogen-bond donors (Lipinski definition) is 1. The molecule has 1 rings (SSSR count). The summed E-state index contributed by atoms with van der Waals surface area (Å²) < 4.78 is 5.31. The standard InChI is InChI=1S/C16H25NO2/c1-12-11-16(19-4)13(2)10-15(12)7-9-17-8-5-6-14(3)18/h10-11,17H,5-9H2,1-4H3. The fourth-order valence-electron chi connectivity index (χ4n) is 2.15. The highest BCUT2D eigenvalue weighted by Gasteiger charge is 2.04. The van der Waals surface area contributed by atoms with Crippen molar-refractivity contribution in [1.29, 1.82) is 0 Å². The van der Waals surface area contributed by atoms with Gasteiger partial charge in [0, 0.05) is 6.42 Å². The number of methoxy groups -OCH3 is 1. The third-order valence-corrected chi connectivity index (χ3v) is 3.31. The molecule has 1 aromatic rings. The molecule has 0 atom stereocenters. The van der Waals surface area contributed by atoms with Gasteiger partial charge in [-0.05, 0) is 69.5 Å². The van der Waals surface area contributed by atoms with Gasteiger partial charge in [-0.3, -0.25) is 0 Å². The highest BCUT2D eigenvalue weighted by molar-refractivity contribution is 5.75. The summed E-state index contributed by atoms with van der Waals surface area (Å²) in [6.07, 6.45) is 2.61. The number of ketones is 1. The van der Waals surface area contributed by atoms with E-state index in [1.165, 1.54) is 16.7 Å². The van der Waals surface area contributed by atoms with Gasteiger partial charge in [-0.2, -0.15) is 0 Å². The number of aryl methyl sites for hydroxylation is 2. The van der Waals surface area contributed by atoms with Crippen molar-refractivity contribution in [2.75, 3.05) is 20.2 Å². The molecule has 0 aliphatic rings. The van der Waals surface area contributed by atoms with E-state index >= 15 is 0 Å². The Morgan fingerprint density at radius 1 is 1.21 bits per heavy atom. The Hall–Kier alpha value is -1.35. The van der Waals surface area contributed by atoms with Crippen LogP contribution >= 0.6 is 0 Å². The molecule has 1 aromatic carbocycles. The Balaban J connectivity index is 2.37. The zero-order valence-electron chi connectivity index (χ0n) is 12.5. The second kappa shape index (κ2) is 7.95. The Bertz CT molecular complexity index is 427. The minimum absolute atomic E-state index is 0.267. The van der Waals surface area contributed by atoms with Crippen molar-refractivity contribution in [1.82, 2.24) is 5.32 Å². The Morgan fingerprint density at radius 3 is 2.58 bits per heavy atom. The SMILES string of the molecule is COc1cc(C)c(CCNCCCC(C)=O)cc1C. The van der Waals surface area contributed by atoms with Crippen LogP contribution in [0.25, 0.3) is 0 Å². The van der Waals surface area contributed by atoms with Gasteiger partial charge in [0.25, 0.3) is 0 Å². The zero-order valence-corrected chi connectivity index (χ0v) is 12.5. The monoisotopic (exact) mass is 263 g/mol. The van der Waals surface area contributed by atoms with E-state index in [1.54, 1.807) is 14.0 Å². The van der Waals surface area contributed by atoms with E-state index in [0.29, 0.717) is 6.42 Å². The van der Waals surface area contributed by atoms with Crippen LogP contribution in [-0.2, 0) is 11.2 Å². The van der Waals surface area contributed by atoms with Gasteiger partial charge in [-0.15, -0.1) is 0 Å². The van der Waals surface area contributed by atoms with Crippen molar-refractivity contribution < 1.29 is 9.53 Å². The molecular formula is C16H25NO2. The summed E-state index contributed by atoms with van der Waals surface area (Å²) in [5.74, 6) is 1.22. The highest BCUT2D eigenvalue weighted by atomic mass is 16.5. The van der Waals surface area contributed by atoms with Crippen LogP contribution in [0.4, 0.5) is 0 Å². The molecule has 0 saturated heterocycles. The van der Waals surface area contributed by atoms with Gasteiger partial charge in [0.1, 0.15) is 11.5 Å². The molecule has 0 amide bonds. The van der Waals surface area contributed by atoms with Gasteiger partial charge >= 0.3 is 0 Å². The molecular weight excluding hydrogens is 238 g/mol. The summed E-state index contributed by atoms with van der Waals surface area (Å²) >= 11 is 0. The van der Waals surface area contributed by atoms with Crippen LogP contribution in [0.1, 0.15) is 36.5 Å². The molecule has 0 bridgehead atoms. The molecule has 0 aromatic heterocycles. The lowest BCUT2D eigenvalue weighted by Gasteiger charge is -2.11. The Labute approximate surface area is 116 Å². The van der Waals surface area contributed by atoms with Gasteiger partial charge in [-0.25, -0.2) is 0 Å². The average Bonchev–Trinajstić information content (AvgIpc) is 2.36. The van der Waals surface area contributed by atoms with E-state index < -0.39 is 0 Å². The zero-order chi connectivity index (χ0) is 14.3. The number of rotatable bonds is 8. The maximum Gasteiger partial charge on any atom is 0.129 e. The van der Waals surface area contributed by atoms with Crippen LogP contribution in [0.5, 0.6) is 5.75 Å². The number of hydrogen-bond acceptors (Lipinski definition) is 3. The first-order chi connectivity index (χ1) is 9.04. The number of carbonyl (C=O) groups excluding carboxylic acids is 1. The van der Waals surface area contributed by atoms with E-state index in [2.05, 4.69) is 31.3 Å². The van der Waals surface area contributed by atoms with Crippen molar-refractivity contribution >= 4 is 5.78 Å². The van der Waals surface area contributed by atoms with Crippen molar-refractivity contribution in [2.45, 2.75) is 40.0 Å². The van der Waals surface area contributed by atoms with E-state index in [4.69, 9.17) is 4.74 Å². The van der Waals surface area contributed by atoms with Crippen LogP contribution in [0.2, 0.25) is 0 Å². The Kier molecular flexibility index (Phi) is 6.57. The Morgan fingerprint density at radius 2 is 1.95 bits per heavy atom. The fourth-order valence-corrected chi connectivity index (χ4v) is 2.15. The summed E-state index contributed by atoms with van der Waals surface area (Å²) in [7, 11) is 1.71. The number of nitrogens with one attached hydrogen (secondary N) is 1.